The summed E-state index contributed by atoms with van der Waals surface area (Å²) in [5.41, 5.74) is 4.06. The minimum Gasteiger partial charge on any atom is -0.392 e. The molecule has 1 heterocycles. The van der Waals surface area contributed by atoms with Crippen LogP contribution >= 0.6 is 11.3 Å². The molecule has 4 heteroatoms. The van der Waals surface area contributed by atoms with Crippen LogP contribution in [0.1, 0.15) is 10.6 Å². The van der Waals surface area contributed by atoms with Crippen molar-refractivity contribution < 1.29 is 5.11 Å². The summed E-state index contributed by atoms with van der Waals surface area (Å²) in [6, 6.07) is 18.0. The molecule has 0 atom stereocenters. The average molecular weight is 296 g/mol. The van der Waals surface area contributed by atoms with Gasteiger partial charge in [-0.1, -0.05) is 42.5 Å². The topological polar surface area (TPSA) is 45.1 Å². The molecule has 0 unspecified atom stereocenters. The van der Waals surface area contributed by atoms with Gasteiger partial charge in [0.2, 0.25) is 0 Å². The number of benzene rings is 2. The van der Waals surface area contributed by atoms with Crippen LogP contribution in [0.5, 0.6) is 0 Å². The smallest absolute Gasteiger partial charge is 0.112 e. The molecule has 2 aromatic carbocycles. The van der Waals surface area contributed by atoms with Crippen molar-refractivity contribution in [3.63, 3.8) is 0 Å². The highest BCUT2D eigenvalue weighted by atomic mass is 32.1. The van der Waals surface area contributed by atoms with Gasteiger partial charge in [0, 0.05) is 16.6 Å². The number of hydrogen-bond donors (Lipinski definition) is 2. The Kier molecular flexibility index (Phi) is 4.28. The third kappa shape index (κ3) is 3.48. The molecule has 0 aliphatic carbocycles. The van der Waals surface area contributed by atoms with Crippen molar-refractivity contribution in [2.45, 2.75) is 13.2 Å². The second-order valence-corrected chi connectivity index (χ2v) is 5.65. The van der Waals surface area contributed by atoms with Gasteiger partial charge in [0.05, 0.1) is 18.8 Å². The van der Waals surface area contributed by atoms with Crippen LogP contribution in [0.3, 0.4) is 0 Å². The first-order valence-corrected chi connectivity index (χ1v) is 7.66. The lowest BCUT2D eigenvalue weighted by Gasteiger charge is -2.05. The summed E-state index contributed by atoms with van der Waals surface area (Å²) in [7, 11) is 0. The molecule has 0 radical (unpaired) electrons. The lowest BCUT2D eigenvalue weighted by atomic mass is 10.2. The van der Waals surface area contributed by atoms with E-state index in [1.807, 2.05) is 42.5 Å². The highest BCUT2D eigenvalue weighted by molar-refractivity contribution is 7.09. The molecule has 0 fully saturated rings. The summed E-state index contributed by atoms with van der Waals surface area (Å²) in [5, 5.41) is 15.6. The Morgan fingerprint density at radius 3 is 2.71 bits per heavy atom. The van der Waals surface area contributed by atoms with Gasteiger partial charge < -0.3 is 10.4 Å². The van der Waals surface area contributed by atoms with Gasteiger partial charge >= 0.3 is 0 Å². The SMILES string of the molecule is OCc1cccc(NCc2nc(-c3ccccc3)cs2)c1. The van der Waals surface area contributed by atoms with Crippen molar-refractivity contribution in [3.05, 3.63) is 70.5 Å². The molecule has 0 saturated carbocycles. The lowest BCUT2D eigenvalue weighted by molar-refractivity contribution is 0.282. The summed E-state index contributed by atoms with van der Waals surface area (Å²) in [5.74, 6) is 0. The van der Waals surface area contributed by atoms with E-state index in [9.17, 15) is 0 Å². The van der Waals surface area contributed by atoms with E-state index < -0.39 is 0 Å². The molecule has 0 saturated heterocycles. The molecular formula is C17H16N2OS. The molecule has 2 N–H and O–H groups in total. The van der Waals surface area contributed by atoms with E-state index in [4.69, 9.17) is 5.11 Å². The van der Waals surface area contributed by atoms with Gasteiger partial charge in [-0.25, -0.2) is 4.98 Å². The van der Waals surface area contributed by atoms with E-state index in [1.165, 1.54) is 0 Å². The molecule has 0 spiro atoms. The third-order valence-corrected chi connectivity index (χ3v) is 4.02. The van der Waals surface area contributed by atoms with E-state index in [-0.39, 0.29) is 6.61 Å². The molecular weight excluding hydrogens is 280 g/mol. The van der Waals surface area contributed by atoms with Crippen LogP contribution in [0, 0.1) is 0 Å². The Balaban J connectivity index is 1.67. The van der Waals surface area contributed by atoms with Gasteiger partial charge in [0.1, 0.15) is 5.01 Å². The summed E-state index contributed by atoms with van der Waals surface area (Å²) < 4.78 is 0. The minimum absolute atomic E-state index is 0.0604. The molecule has 0 bridgehead atoms. The van der Waals surface area contributed by atoms with Crippen LogP contribution in [0.15, 0.2) is 60.0 Å². The molecule has 21 heavy (non-hydrogen) atoms. The van der Waals surface area contributed by atoms with E-state index in [0.717, 1.165) is 27.5 Å². The van der Waals surface area contributed by atoms with Crippen LogP contribution in [0.25, 0.3) is 11.3 Å². The second kappa shape index (κ2) is 6.52. The number of aromatic nitrogens is 1. The maximum atomic E-state index is 9.14. The van der Waals surface area contributed by atoms with Crippen molar-refractivity contribution in [1.82, 2.24) is 4.98 Å². The average Bonchev–Trinajstić information content (AvgIpc) is 3.03. The number of aliphatic hydroxyl groups excluding tert-OH is 1. The third-order valence-electron chi connectivity index (χ3n) is 3.17. The number of hydrogen-bond acceptors (Lipinski definition) is 4. The van der Waals surface area contributed by atoms with Crippen molar-refractivity contribution >= 4 is 17.0 Å². The summed E-state index contributed by atoms with van der Waals surface area (Å²) >= 11 is 1.65. The number of aliphatic hydroxyl groups is 1. The maximum Gasteiger partial charge on any atom is 0.112 e. The zero-order valence-corrected chi connectivity index (χ0v) is 12.3. The van der Waals surface area contributed by atoms with E-state index >= 15 is 0 Å². The van der Waals surface area contributed by atoms with Crippen LogP contribution < -0.4 is 5.32 Å². The maximum absolute atomic E-state index is 9.14. The molecule has 106 valence electrons. The zero-order chi connectivity index (χ0) is 14.5. The summed E-state index contributed by atoms with van der Waals surface area (Å²) in [6.07, 6.45) is 0. The van der Waals surface area contributed by atoms with Crippen LogP contribution in [0.2, 0.25) is 0 Å². The second-order valence-electron chi connectivity index (χ2n) is 4.70. The molecule has 0 amide bonds. The Morgan fingerprint density at radius 1 is 1.05 bits per heavy atom. The van der Waals surface area contributed by atoms with Crippen molar-refractivity contribution in [1.29, 1.82) is 0 Å². The molecule has 3 rings (SSSR count). The number of anilines is 1. The van der Waals surface area contributed by atoms with Gasteiger partial charge in [0.25, 0.3) is 0 Å². The fourth-order valence-electron chi connectivity index (χ4n) is 2.09. The summed E-state index contributed by atoms with van der Waals surface area (Å²) in [6.45, 7) is 0.747. The van der Waals surface area contributed by atoms with E-state index in [1.54, 1.807) is 11.3 Å². The predicted octanol–water partition coefficient (Wildman–Crippen LogP) is 3.91. The molecule has 3 nitrogen and oxygen atoms in total. The number of nitrogens with zero attached hydrogens (tertiary/aromatic N) is 1. The monoisotopic (exact) mass is 296 g/mol. The van der Waals surface area contributed by atoms with Gasteiger partial charge in [0.15, 0.2) is 0 Å². The van der Waals surface area contributed by atoms with Gasteiger partial charge in [-0.05, 0) is 17.7 Å². The largest absolute Gasteiger partial charge is 0.392 e. The Morgan fingerprint density at radius 2 is 1.90 bits per heavy atom. The Hall–Kier alpha value is -2.17. The molecule has 0 aliphatic heterocycles. The van der Waals surface area contributed by atoms with E-state index in [2.05, 4.69) is 27.8 Å². The molecule has 0 aliphatic rings. The first-order valence-electron chi connectivity index (χ1n) is 6.78. The standard InChI is InChI=1S/C17H16N2OS/c20-11-13-5-4-8-15(9-13)18-10-17-19-16(12-21-17)14-6-2-1-3-7-14/h1-9,12,18,20H,10-11H2. The lowest BCUT2D eigenvalue weighted by Crippen LogP contribution is -1.99. The predicted molar refractivity (Wildman–Crippen MR) is 87.2 cm³/mol. The Bertz CT molecular complexity index is 710. The van der Waals surface area contributed by atoms with Gasteiger partial charge in [-0.15, -0.1) is 11.3 Å². The summed E-state index contributed by atoms with van der Waals surface area (Å²) in [4.78, 5) is 4.64. The van der Waals surface area contributed by atoms with E-state index in [0.29, 0.717) is 6.54 Å². The Labute approximate surface area is 127 Å². The molecule has 3 aromatic rings. The number of nitrogens with one attached hydrogen (secondary N) is 1. The fraction of sp³-hybridized carbons (Fsp3) is 0.118. The van der Waals surface area contributed by atoms with Crippen LogP contribution in [0.4, 0.5) is 5.69 Å². The highest BCUT2D eigenvalue weighted by Gasteiger charge is 2.04. The number of thiazole rings is 1. The van der Waals surface area contributed by atoms with Crippen molar-refractivity contribution in [3.8, 4) is 11.3 Å². The van der Waals surface area contributed by atoms with Crippen molar-refractivity contribution in [2.24, 2.45) is 0 Å². The quantitative estimate of drug-likeness (QED) is 0.750. The molecule has 1 aromatic heterocycles. The minimum atomic E-state index is 0.0604. The normalized spacial score (nSPS) is 10.5. The van der Waals surface area contributed by atoms with Gasteiger partial charge in [-0.3, -0.25) is 0 Å². The van der Waals surface area contributed by atoms with Gasteiger partial charge in [-0.2, -0.15) is 0 Å². The zero-order valence-electron chi connectivity index (χ0n) is 11.5. The number of rotatable bonds is 5. The highest BCUT2D eigenvalue weighted by Crippen LogP contribution is 2.22. The van der Waals surface area contributed by atoms with Crippen LogP contribution in [-0.4, -0.2) is 10.1 Å². The first-order chi connectivity index (χ1) is 10.3. The van der Waals surface area contributed by atoms with Crippen molar-refractivity contribution in [2.75, 3.05) is 5.32 Å². The van der Waals surface area contributed by atoms with Crippen LogP contribution in [-0.2, 0) is 13.2 Å². The fourth-order valence-corrected chi connectivity index (χ4v) is 2.83. The first kappa shape index (κ1) is 13.8.